The highest BCUT2D eigenvalue weighted by Gasteiger charge is 2.40. The minimum atomic E-state index is -1.18. The number of ether oxygens (including phenoxy) is 1. The Kier molecular flexibility index (Phi) is 5.24. The molecule has 2 aromatic rings. The molecule has 2 N–H and O–H groups in total. The molecule has 0 aliphatic carbocycles. The minimum Gasteiger partial charge on any atom is -0.382 e. The van der Waals surface area contributed by atoms with Gasteiger partial charge in [0.1, 0.15) is 11.7 Å². The molecule has 2 atom stereocenters. The quantitative estimate of drug-likeness (QED) is 0.886. The molecule has 23 heavy (non-hydrogen) atoms. The summed E-state index contributed by atoms with van der Waals surface area (Å²) in [6.07, 6.45) is -0.0170. The van der Waals surface area contributed by atoms with Crippen LogP contribution in [0.4, 0.5) is 0 Å². The van der Waals surface area contributed by atoms with Gasteiger partial charge in [0, 0.05) is 29.6 Å². The van der Waals surface area contributed by atoms with Crippen molar-refractivity contribution in [3.05, 3.63) is 69.7 Å². The molecule has 3 nitrogen and oxygen atoms in total. The zero-order chi connectivity index (χ0) is 16.3. The van der Waals surface area contributed by atoms with E-state index in [-0.39, 0.29) is 6.10 Å². The van der Waals surface area contributed by atoms with Crippen molar-refractivity contribution in [2.45, 2.75) is 18.1 Å². The maximum Gasteiger partial charge on any atom is 0.121 e. The van der Waals surface area contributed by atoms with E-state index in [2.05, 4.69) is 5.32 Å². The fourth-order valence-corrected chi connectivity index (χ4v) is 3.35. The van der Waals surface area contributed by atoms with E-state index >= 15 is 0 Å². The average Bonchev–Trinajstić information content (AvgIpc) is 2.59. The van der Waals surface area contributed by atoms with Crippen molar-refractivity contribution in [2.75, 3.05) is 19.7 Å². The number of benzene rings is 2. The van der Waals surface area contributed by atoms with Crippen molar-refractivity contribution in [3.8, 4) is 0 Å². The van der Waals surface area contributed by atoms with Gasteiger partial charge in [0.2, 0.25) is 0 Å². The summed E-state index contributed by atoms with van der Waals surface area (Å²) in [5.41, 5.74) is 0.438. The number of nitrogens with one attached hydrogen (secondary N) is 1. The van der Waals surface area contributed by atoms with Gasteiger partial charge in [0.15, 0.2) is 0 Å². The van der Waals surface area contributed by atoms with Gasteiger partial charge >= 0.3 is 0 Å². The molecule has 0 spiro atoms. The molecule has 0 amide bonds. The molecule has 0 radical (unpaired) electrons. The van der Waals surface area contributed by atoms with E-state index in [1.807, 2.05) is 30.3 Å². The summed E-state index contributed by atoms with van der Waals surface area (Å²) in [6, 6.07) is 14.9. The van der Waals surface area contributed by atoms with Crippen molar-refractivity contribution in [2.24, 2.45) is 0 Å². The van der Waals surface area contributed by atoms with E-state index in [1.54, 1.807) is 18.2 Å². The van der Waals surface area contributed by atoms with E-state index in [9.17, 15) is 5.11 Å². The Morgan fingerprint density at radius 2 is 1.96 bits per heavy atom. The number of hydrogen-bond donors (Lipinski definition) is 2. The molecule has 3 rings (SSSR count). The first-order valence-electron chi connectivity index (χ1n) is 7.64. The largest absolute Gasteiger partial charge is 0.382 e. The lowest BCUT2D eigenvalue weighted by atomic mass is 9.82. The summed E-state index contributed by atoms with van der Waals surface area (Å²) in [5, 5.41) is 16.0. The van der Waals surface area contributed by atoms with Gasteiger partial charge in [-0.05, 0) is 29.3 Å². The first kappa shape index (κ1) is 16.7. The van der Waals surface area contributed by atoms with Crippen molar-refractivity contribution in [1.82, 2.24) is 5.32 Å². The van der Waals surface area contributed by atoms with Crippen molar-refractivity contribution >= 4 is 23.2 Å². The second-order valence-electron chi connectivity index (χ2n) is 5.77. The van der Waals surface area contributed by atoms with Crippen LogP contribution in [0, 0.1) is 0 Å². The van der Waals surface area contributed by atoms with E-state index in [0.717, 1.165) is 17.7 Å². The fraction of sp³-hybridized carbons (Fsp3) is 0.333. The second kappa shape index (κ2) is 7.20. The third-order valence-corrected chi connectivity index (χ3v) is 4.81. The molecule has 1 saturated heterocycles. The lowest BCUT2D eigenvalue weighted by Crippen LogP contribution is -2.52. The molecule has 0 unspecified atom stereocenters. The SMILES string of the molecule is O[C@](Cc1cc(Cl)ccc1Cl)(c1ccccc1)[C@H]1CNCCO1. The monoisotopic (exact) mass is 351 g/mol. The van der Waals surface area contributed by atoms with E-state index in [1.165, 1.54) is 0 Å². The van der Waals surface area contributed by atoms with Gasteiger partial charge in [-0.25, -0.2) is 0 Å². The number of halogens is 2. The van der Waals surface area contributed by atoms with Gasteiger partial charge in [-0.15, -0.1) is 0 Å². The van der Waals surface area contributed by atoms with Crippen LogP contribution in [0.5, 0.6) is 0 Å². The highest BCUT2D eigenvalue weighted by molar-refractivity contribution is 6.33. The summed E-state index contributed by atoms with van der Waals surface area (Å²) >= 11 is 12.4. The smallest absolute Gasteiger partial charge is 0.121 e. The Hall–Kier alpha value is -1.10. The third kappa shape index (κ3) is 3.70. The number of rotatable bonds is 4. The van der Waals surface area contributed by atoms with Gasteiger partial charge in [-0.1, -0.05) is 53.5 Å². The van der Waals surface area contributed by atoms with E-state index in [0.29, 0.717) is 29.6 Å². The molecule has 5 heteroatoms. The number of aliphatic hydroxyl groups is 1. The lowest BCUT2D eigenvalue weighted by Gasteiger charge is -2.39. The molecule has 0 saturated carbocycles. The summed E-state index contributed by atoms with van der Waals surface area (Å²) in [7, 11) is 0. The highest BCUT2D eigenvalue weighted by atomic mass is 35.5. The maximum atomic E-state index is 11.5. The molecule has 122 valence electrons. The van der Waals surface area contributed by atoms with E-state index in [4.69, 9.17) is 27.9 Å². The molecular weight excluding hydrogens is 333 g/mol. The standard InChI is InChI=1S/C18H19Cl2NO2/c19-15-6-7-16(20)13(10-15)11-18(22,14-4-2-1-3-5-14)17-12-21-8-9-23-17/h1-7,10,17,21-22H,8-9,11-12H2/t17-,18-/m1/s1. The maximum absolute atomic E-state index is 11.5. The molecule has 1 fully saturated rings. The Morgan fingerprint density at radius 1 is 1.17 bits per heavy atom. The van der Waals surface area contributed by atoms with Crippen LogP contribution in [0.1, 0.15) is 11.1 Å². The predicted molar refractivity (Wildman–Crippen MR) is 93.1 cm³/mol. The third-order valence-electron chi connectivity index (χ3n) is 4.20. The van der Waals surface area contributed by atoms with Gasteiger partial charge < -0.3 is 15.2 Å². The van der Waals surface area contributed by atoms with Crippen molar-refractivity contribution in [3.63, 3.8) is 0 Å². The van der Waals surface area contributed by atoms with Gasteiger partial charge in [-0.3, -0.25) is 0 Å². The van der Waals surface area contributed by atoms with Gasteiger partial charge in [0.25, 0.3) is 0 Å². The van der Waals surface area contributed by atoms with Crippen LogP contribution < -0.4 is 5.32 Å². The molecule has 1 aliphatic heterocycles. The Bertz CT molecular complexity index is 659. The van der Waals surface area contributed by atoms with Crippen molar-refractivity contribution in [1.29, 1.82) is 0 Å². The fourth-order valence-electron chi connectivity index (χ4n) is 2.97. The minimum absolute atomic E-state index is 0.336. The van der Waals surface area contributed by atoms with Gasteiger partial charge in [-0.2, -0.15) is 0 Å². The Balaban J connectivity index is 1.99. The van der Waals surface area contributed by atoms with Crippen molar-refractivity contribution < 1.29 is 9.84 Å². The van der Waals surface area contributed by atoms with Crippen LogP contribution in [-0.4, -0.2) is 30.9 Å². The Morgan fingerprint density at radius 3 is 2.65 bits per heavy atom. The molecule has 0 bridgehead atoms. The second-order valence-corrected chi connectivity index (χ2v) is 6.61. The molecular formula is C18H19Cl2NO2. The molecule has 1 heterocycles. The zero-order valence-electron chi connectivity index (χ0n) is 12.6. The number of morpholine rings is 1. The summed E-state index contributed by atoms with van der Waals surface area (Å²) in [5.74, 6) is 0. The van der Waals surface area contributed by atoms with Gasteiger partial charge in [0.05, 0.1) is 6.61 Å². The normalized spacial score (nSPS) is 20.9. The van der Waals surface area contributed by atoms with Crippen LogP contribution in [0.2, 0.25) is 10.0 Å². The number of hydrogen-bond acceptors (Lipinski definition) is 3. The zero-order valence-corrected chi connectivity index (χ0v) is 14.1. The van der Waals surface area contributed by atoms with Crippen LogP contribution in [0.3, 0.4) is 0 Å². The first-order chi connectivity index (χ1) is 11.1. The predicted octanol–water partition coefficient (Wildman–Crippen LogP) is 3.41. The van der Waals surface area contributed by atoms with Crippen LogP contribution in [-0.2, 0) is 16.8 Å². The van der Waals surface area contributed by atoms with E-state index < -0.39 is 5.60 Å². The van der Waals surface area contributed by atoms with Crippen LogP contribution in [0.15, 0.2) is 48.5 Å². The topological polar surface area (TPSA) is 41.5 Å². The Labute approximate surface area is 146 Å². The molecule has 2 aromatic carbocycles. The highest BCUT2D eigenvalue weighted by Crippen LogP contribution is 2.34. The first-order valence-corrected chi connectivity index (χ1v) is 8.39. The summed E-state index contributed by atoms with van der Waals surface area (Å²) in [6.45, 7) is 1.95. The lowest BCUT2D eigenvalue weighted by molar-refractivity contribution is -0.124. The van der Waals surface area contributed by atoms with Crippen LogP contribution in [0.25, 0.3) is 0 Å². The summed E-state index contributed by atoms with van der Waals surface area (Å²) < 4.78 is 5.85. The van der Waals surface area contributed by atoms with Crippen LogP contribution >= 0.6 is 23.2 Å². The molecule has 1 aliphatic rings. The average molecular weight is 352 g/mol. The molecule has 0 aromatic heterocycles. The summed E-state index contributed by atoms with van der Waals surface area (Å²) in [4.78, 5) is 0.